The first-order valence-electron chi connectivity index (χ1n) is 5.03. The second kappa shape index (κ2) is 6.73. The standard InChI is InChI=1S/C10H14N2O4/c1-2-6-15-7-5-9-12-11-8(16-9)3-4-10(13)14/h3-4H,2,5-7H2,1H3,(H,13,14)/b4-3+. The van der Waals surface area contributed by atoms with Gasteiger partial charge >= 0.3 is 5.97 Å². The van der Waals surface area contributed by atoms with E-state index in [1.807, 2.05) is 6.92 Å². The number of rotatable bonds is 7. The van der Waals surface area contributed by atoms with Crippen molar-refractivity contribution >= 4 is 12.0 Å². The molecule has 1 N–H and O–H groups in total. The first-order chi connectivity index (χ1) is 7.72. The number of hydrogen-bond donors (Lipinski definition) is 1. The van der Waals surface area contributed by atoms with Gasteiger partial charge in [0, 0.05) is 25.2 Å². The topological polar surface area (TPSA) is 85.5 Å². The van der Waals surface area contributed by atoms with Crippen molar-refractivity contribution in [2.45, 2.75) is 19.8 Å². The summed E-state index contributed by atoms with van der Waals surface area (Å²) in [7, 11) is 0. The summed E-state index contributed by atoms with van der Waals surface area (Å²) in [4.78, 5) is 10.2. The quantitative estimate of drug-likeness (QED) is 0.554. The van der Waals surface area contributed by atoms with Crippen LogP contribution in [0.25, 0.3) is 6.08 Å². The smallest absolute Gasteiger partial charge is 0.328 e. The van der Waals surface area contributed by atoms with Gasteiger partial charge in [0.15, 0.2) is 0 Å². The molecule has 88 valence electrons. The molecule has 6 heteroatoms. The lowest BCUT2D eigenvalue weighted by atomic mass is 10.4. The highest BCUT2D eigenvalue weighted by molar-refractivity contribution is 5.84. The van der Waals surface area contributed by atoms with Crippen molar-refractivity contribution in [1.29, 1.82) is 0 Å². The number of aromatic nitrogens is 2. The van der Waals surface area contributed by atoms with Crippen LogP contribution < -0.4 is 0 Å². The Hall–Kier alpha value is -1.69. The summed E-state index contributed by atoms with van der Waals surface area (Å²) in [5.74, 6) is -0.417. The lowest BCUT2D eigenvalue weighted by molar-refractivity contribution is -0.131. The highest BCUT2D eigenvalue weighted by Crippen LogP contribution is 2.02. The second-order valence-corrected chi connectivity index (χ2v) is 3.07. The molecule has 0 unspecified atom stereocenters. The van der Waals surface area contributed by atoms with Gasteiger partial charge in [0.05, 0.1) is 6.61 Å². The number of hydrogen-bond acceptors (Lipinski definition) is 5. The number of aliphatic carboxylic acids is 1. The highest BCUT2D eigenvalue weighted by Gasteiger charge is 2.03. The Morgan fingerprint density at radius 2 is 2.31 bits per heavy atom. The number of carboxylic acid groups (broad SMARTS) is 1. The predicted molar refractivity (Wildman–Crippen MR) is 55.8 cm³/mol. The van der Waals surface area contributed by atoms with Crippen molar-refractivity contribution in [3.8, 4) is 0 Å². The SMILES string of the molecule is CCCOCCc1nnc(/C=C/C(=O)O)o1. The van der Waals surface area contributed by atoms with Crippen molar-refractivity contribution in [3.05, 3.63) is 17.9 Å². The Kier molecular flexibility index (Phi) is 5.21. The molecule has 0 atom stereocenters. The van der Waals surface area contributed by atoms with Crippen molar-refractivity contribution in [3.63, 3.8) is 0 Å². The van der Waals surface area contributed by atoms with Gasteiger partial charge in [0.2, 0.25) is 11.8 Å². The zero-order valence-electron chi connectivity index (χ0n) is 9.05. The van der Waals surface area contributed by atoms with E-state index in [0.717, 1.165) is 12.5 Å². The molecular formula is C10H14N2O4. The van der Waals surface area contributed by atoms with Crippen LogP contribution >= 0.6 is 0 Å². The van der Waals surface area contributed by atoms with Crippen LogP contribution in [0.15, 0.2) is 10.5 Å². The van der Waals surface area contributed by atoms with E-state index in [1.165, 1.54) is 6.08 Å². The Morgan fingerprint density at radius 3 is 3.00 bits per heavy atom. The molecule has 0 aliphatic rings. The number of ether oxygens (including phenoxy) is 1. The molecule has 0 spiro atoms. The Labute approximate surface area is 92.9 Å². The van der Waals surface area contributed by atoms with Crippen LogP contribution in [0.3, 0.4) is 0 Å². The van der Waals surface area contributed by atoms with E-state index in [1.54, 1.807) is 0 Å². The minimum Gasteiger partial charge on any atom is -0.478 e. The summed E-state index contributed by atoms with van der Waals surface area (Å²) in [5.41, 5.74) is 0. The Bertz CT molecular complexity index is 359. The molecule has 0 bridgehead atoms. The minimum absolute atomic E-state index is 0.188. The zero-order chi connectivity index (χ0) is 11.8. The van der Waals surface area contributed by atoms with Crippen molar-refractivity contribution in [1.82, 2.24) is 10.2 Å². The molecule has 0 radical (unpaired) electrons. The molecule has 1 aromatic rings. The third kappa shape index (κ3) is 4.70. The lowest BCUT2D eigenvalue weighted by Crippen LogP contribution is -1.99. The highest BCUT2D eigenvalue weighted by atomic mass is 16.5. The summed E-state index contributed by atoms with van der Waals surface area (Å²) in [6, 6.07) is 0. The molecule has 1 aromatic heterocycles. The fourth-order valence-electron chi connectivity index (χ4n) is 0.983. The Balaban J connectivity index is 2.36. The van der Waals surface area contributed by atoms with Crippen LogP contribution in [-0.2, 0) is 16.0 Å². The maximum atomic E-state index is 10.2. The van der Waals surface area contributed by atoms with Gasteiger partial charge in [-0.05, 0) is 6.42 Å². The van der Waals surface area contributed by atoms with Crippen LogP contribution in [0, 0.1) is 0 Å². The molecular weight excluding hydrogens is 212 g/mol. The van der Waals surface area contributed by atoms with Gasteiger partial charge in [0.1, 0.15) is 0 Å². The lowest BCUT2D eigenvalue weighted by Gasteiger charge is -1.97. The fraction of sp³-hybridized carbons (Fsp3) is 0.500. The fourth-order valence-corrected chi connectivity index (χ4v) is 0.983. The van der Waals surface area contributed by atoms with Gasteiger partial charge in [-0.1, -0.05) is 6.92 Å². The molecule has 0 aliphatic heterocycles. The summed E-state index contributed by atoms with van der Waals surface area (Å²) in [6.45, 7) is 3.26. The van der Waals surface area contributed by atoms with Crippen LogP contribution in [-0.4, -0.2) is 34.5 Å². The van der Waals surface area contributed by atoms with Crippen LogP contribution in [0.4, 0.5) is 0 Å². The van der Waals surface area contributed by atoms with E-state index in [4.69, 9.17) is 14.3 Å². The average Bonchev–Trinajstić information content (AvgIpc) is 2.70. The molecule has 0 saturated heterocycles. The minimum atomic E-state index is -1.05. The summed E-state index contributed by atoms with van der Waals surface area (Å²) >= 11 is 0. The van der Waals surface area contributed by atoms with Crippen LogP contribution in [0.5, 0.6) is 0 Å². The summed E-state index contributed by atoms with van der Waals surface area (Å²) in [6.07, 6.45) is 3.71. The molecule has 0 aromatic carbocycles. The summed E-state index contributed by atoms with van der Waals surface area (Å²) < 4.78 is 10.4. The molecule has 1 heterocycles. The molecule has 1 rings (SSSR count). The van der Waals surface area contributed by atoms with E-state index < -0.39 is 5.97 Å². The van der Waals surface area contributed by atoms with Gasteiger partial charge < -0.3 is 14.3 Å². The van der Waals surface area contributed by atoms with E-state index in [-0.39, 0.29) is 5.89 Å². The van der Waals surface area contributed by atoms with Crippen LogP contribution in [0.1, 0.15) is 25.1 Å². The molecule has 6 nitrogen and oxygen atoms in total. The first-order valence-corrected chi connectivity index (χ1v) is 5.03. The maximum absolute atomic E-state index is 10.2. The molecule has 0 fully saturated rings. The number of nitrogens with zero attached hydrogens (tertiary/aromatic N) is 2. The van der Waals surface area contributed by atoms with Crippen LogP contribution in [0.2, 0.25) is 0 Å². The average molecular weight is 226 g/mol. The van der Waals surface area contributed by atoms with E-state index in [9.17, 15) is 4.79 Å². The predicted octanol–water partition coefficient (Wildman–Crippen LogP) is 1.14. The van der Waals surface area contributed by atoms with Gasteiger partial charge in [-0.15, -0.1) is 10.2 Å². The maximum Gasteiger partial charge on any atom is 0.328 e. The van der Waals surface area contributed by atoms with E-state index in [2.05, 4.69) is 10.2 Å². The van der Waals surface area contributed by atoms with E-state index in [0.29, 0.717) is 25.5 Å². The van der Waals surface area contributed by atoms with Crippen molar-refractivity contribution in [2.24, 2.45) is 0 Å². The van der Waals surface area contributed by atoms with Gasteiger partial charge in [-0.2, -0.15) is 0 Å². The van der Waals surface area contributed by atoms with Gasteiger partial charge in [0.25, 0.3) is 0 Å². The van der Waals surface area contributed by atoms with Gasteiger partial charge in [-0.3, -0.25) is 0 Å². The van der Waals surface area contributed by atoms with E-state index >= 15 is 0 Å². The Morgan fingerprint density at radius 1 is 1.50 bits per heavy atom. The third-order valence-corrected chi connectivity index (χ3v) is 1.66. The van der Waals surface area contributed by atoms with Crippen molar-refractivity contribution < 1.29 is 19.1 Å². The zero-order valence-corrected chi connectivity index (χ0v) is 9.05. The molecule has 0 saturated carbocycles. The molecule has 0 amide bonds. The largest absolute Gasteiger partial charge is 0.478 e. The summed E-state index contributed by atoms with van der Waals surface area (Å²) in [5, 5.41) is 15.8. The first kappa shape index (κ1) is 12.4. The molecule has 0 aliphatic carbocycles. The third-order valence-electron chi connectivity index (χ3n) is 1.66. The molecule has 16 heavy (non-hydrogen) atoms. The number of carbonyl (C=O) groups is 1. The normalized spacial score (nSPS) is 11.1. The van der Waals surface area contributed by atoms with Gasteiger partial charge in [-0.25, -0.2) is 4.79 Å². The van der Waals surface area contributed by atoms with Crippen molar-refractivity contribution in [2.75, 3.05) is 13.2 Å². The monoisotopic (exact) mass is 226 g/mol. The second-order valence-electron chi connectivity index (χ2n) is 3.07. The number of carboxylic acids is 1.